The lowest BCUT2D eigenvalue weighted by molar-refractivity contribution is -0.441. The normalized spacial score (nSPS) is 15.0. The molecule has 0 radical (unpaired) electrons. The van der Waals surface area contributed by atoms with E-state index in [1.54, 1.807) is 0 Å². The average molecular weight is 417 g/mol. The molecule has 0 aliphatic rings. The maximum Gasteiger partial charge on any atom is 0.460 e. The topological polar surface area (TPSA) is 29.1 Å². The van der Waals surface area contributed by atoms with Crippen LogP contribution in [0.1, 0.15) is 13.3 Å². The smallest absolute Gasteiger partial charge is 0.288 e. The Morgan fingerprint density at radius 3 is 1.38 bits per heavy atom. The lowest BCUT2D eigenvalue weighted by Gasteiger charge is -2.39. The molecule has 0 aromatic heterocycles. The van der Waals surface area contributed by atoms with Crippen molar-refractivity contribution in [2.24, 2.45) is 0 Å². The summed E-state index contributed by atoms with van der Waals surface area (Å²) in [6, 6.07) is -6.64. The van der Waals surface area contributed by atoms with Gasteiger partial charge in [0.2, 0.25) is 0 Å². The van der Waals surface area contributed by atoms with Crippen LogP contribution in [-0.2, 0) is 4.79 Å². The first-order valence-corrected chi connectivity index (χ1v) is 6.08. The molecule has 0 saturated heterocycles. The lowest BCUT2D eigenvalue weighted by atomic mass is 9.96. The maximum absolute atomic E-state index is 13.2. The van der Waals surface area contributed by atoms with E-state index in [1.165, 1.54) is 0 Å². The van der Waals surface area contributed by atoms with E-state index in [1.807, 2.05) is 0 Å². The minimum absolute atomic E-state index is 0.146. The minimum Gasteiger partial charge on any atom is -0.288 e. The molecule has 0 fully saturated rings. The molecule has 0 aliphatic carbocycles. The number of hydrogen-bond acceptors (Lipinski definition) is 1. The first-order chi connectivity index (χ1) is 11.1. The quantitative estimate of drug-likeness (QED) is 0.361. The van der Waals surface area contributed by atoms with Crippen LogP contribution in [0.4, 0.5) is 57.1 Å². The van der Waals surface area contributed by atoms with Gasteiger partial charge in [-0.15, -0.1) is 0 Å². The van der Waals surface area contributed by atoms with Crippen LogP contribution in [0.3, 0.4) is 0 Å². The van der Waals surface area contributed by atoms with Gasteiger partial charge in [0, 0.05) is 5.57 Å². The van der Waals surface area contributed by atoms with E-state index in [9.17, 15) is 61.9 Å². The summed E-state index contributed by atoms with van der Waals surface area (Å²) in [5, 5.41) is -0.146. The summed E-state index contributed by atoms with van der Waals surface area (Å²) in [6.07, 6.45) is -7.99. The molecule has 1 amide bonds. The summed E-state index contributed by atoms with van der Waals surface area (Å²) < 4.78 is 165. The predicted octanol–water partition coefficient (Wildman–Crippen LogP) is 4.77. The number of nitrogens with one attached hydrogen (secondary N) is 1. The Labute approximate surface area is 136 Å². The molecule has 0 atom stereocenters. The Kier molecular flexibility index (Phi) is 6.05. The molecule has 0 aromatic rings. The van der Waals surface area contributed by atoms with Crippen LogP contribution in [0, 0.1) is 0 Å². The van der Waals surface area contributed by atoms with Gasteiger partial charge in [-0.05, 0) is 6.42 Å². The van der Waals surface area contributed by atoms with E-state index in [2.05, 4.69) is 6.58 Å². The zero-order valence-electron chi connectivity index (χ0n) is 12.2. The van der Waals surface area contributed by atoms with Crippen molar-refractivity contribution >= 4 is 5.91 Å². The monoisotopic (exact) mass is 417 g/mol. The number of amides is 1. The second-order valence-electron chi connectivity index (χ2n) is 4.78. The van der Waals surface area contributed by atoms with Gasteiger partial charge < -0.3 is 0 Å². The van der Waals surface area contributed by atoms with Crippen LogP contribution in [0.25, 0.3) is 0 Å². The van der Waals surface area contributed by atoms with Gasteiger partial charge in [0.1, 0.15) is 0 Å². The van der Waals surface area contributed by atoms with Crippen molar-refractivity contribution in [1.29, 1.82) is 0 Å². The summed E-state index contributed by atoms with van der Waals surface area (Å²) in [7, 11) is 0. The van der Waals surface area contributed by atoms with Gasteiger partial charge in [-0.3, -0.25) is 10.1 Å². The molecule has 154 valence electrons. The second-order valence-corrected chi connectivity index (χ2v) is 4.78. The molecule has 26 heavy (non-hydrogen) atoms. The van der Waals surface area contributed by atoms with Gasteiger partial charge in [-0.2, -0.15) is 57.1 Å². The van der Waals surface area contributed by atoms with Gasteiger partial charge in [-0.1, -0.05) is 13.5 Å². The zero-order valence-corrected chi connectivity index (χ0v) is 12.2. The first-order valence-electron chi connectivity index (χ1n) is 6.08. The average Bonchev–Trinajstić information content (AvgIpc) is 2.43. The van der Waals surface area contributed by atoms with E-state index in [0.29, 0.717) is 0 Å². The Bertz CT molecular complexity index is 563. The van der Waals surface area contributed by atoms with E-state index in [4.69, 9.17) is 0 Å². The van der Waals surface area contributed by atoms with E-state index in [0.717, 1.165) is 6.92 Å². The number of rotatable bonds is 7. The Balaban J connectivity index is 6.16. The van der Waals surface area contributed by atoms with Crippen molar-refractivity contribution in [2.45, 2.75) is 49.3 Å². The van der Waals surface area contributed by atoms with Gasteiger partial charge in [0.25, 0.3) is 5.91 Å². The fourth-order valence-electron chi connectivity index (χ4n) is 1.24. The molecule has 0 heterocycles. The molecule has 0 rings (SSSR count). The first kappa shape index (κ1) is 24.3. The van der Waals surface area contributed by atoms with Crippen LogP contribution in [-0.4, -0.2) is 41.8 Å². The van der Waals surface area contributed by atoms with E-state index < -0.39 is 53.8 Å². The molecule has 2 nitrogen and oxygen atoms in total. The summed E-state index contributed by atoms with van der Waals surface area (Å²) in [6.45, 7) is 3.77. The fraction of sp³-hybridized carbons (Fsp3) is 0.727. The number of carbonyl (C=O) groups is 1. The lowest BCUT2D eigenvalue weighted by Crippen LogP contribution is -2.72. The van der Waals surface area contributed by atoms with Gasteiger partial charge in [-0.25, -0.2) is 0 Å². The summed E-state index contributed by atoms with van der Waals surface area (Å²) in [5.41, 5.74) is -0.934. The Morgan fingerprint density at radius 2 is 1.08 bits per heavy atom. The predicted molar refractivity (Wildman–Crippen MR) is 58.4 cm³/mol. The molecular weight excluding hydrogens is 409 g/mol. The van der Waals surface area contributed by atoms with Crippen LogP contribution in [0.2, 0.25) is 0 Å². The molecule has 0 bridgehead atoms. The Morgan fingerprint density at radius 1 is 0.731 bits per heavy atom. The van der Waals surface area contributed by atoms with Crippen molar-refractivity contribution in [3.8, 4) is 0 Å². The second kappa shape index (κ2) is 6.48. The molecule has 0 aliphatic heterocycles. The SMILES string of the molecule is C=C(CC)C(=O)NC(F)(F)C(F)(F)C(F)(F)C(F)(F)C(F)(F)C(F)(F)F. The van der Waals surface area contributed by atoms with Gasteiger partial charge in [0.15, 0.2) is 0 Å². The Hall–Kier alpha value is -1.70. The summed E-state index contributed by atoms with van der Waals surface area (Å²) in [4.78, 5) is 11.0. The van der Waals surface area contributed by atoms with E-state index >= 15 is 0 Å². The molecule has 1 N–H and O–H groups in total. The number of hydrogen-bond donors (Lipinski definition) is 1. The third kappa shape index (κ3) is 3.43. The third-order valence-electron chi connectivity index (χ3n) is 2.95. The zero-order chi connectivity index (χ0) is 21.6. The standard InChI is InChI=1S/C11H8F13NO/c1-3-4(2)5(26)25-11(23,24)9(18,19)7(14,15)6(12,13)8(16,17)10(20,21)22/h2-3H2,1H3,(H,25,26). The van der Waals surface area contributed by atoms with Crippen molar-refractivity contribution in [2.75, 3.05) is 0 Å². The van der Waals surface area contributed by atoms with Crippen LogP contribution >= 0.6 is 0 Å². The molecule has 0 saturated carbocycles. The number of carbonyl (C=O) groups excluding carboxylic acids is 1. The molecule has 0 aromatic carbocycles. The number of alkyl halides is 13. The van der Waals surface area contributed by atoms with Crippen molar-refractivity contribution in [3.05, 3.63) is 12.2 Å². The third-order valence-corrected chi connectivity index (χ3v) is 2.95. The van der Waals surface area contributed by atoms with Gasteiger partial charge in [0.05, 0.1) is 0 Å². The molecule has 15 heteroatoms. The highest BCUT2D eigenvalue weighted by molar-refractivity contribution is 5.93. The van der Waals surface area contributed by atoms with Crippen LogP contribution in [0.15, 0.2) is 12.2 Å². The van der Waals surface area contributed by atoms with Crippen molar-refractivity contribution in [1.82, 2.24) is 5.32 Å². The molecular formula is C11H8F13NO. The fourth-order valence-corrected chi connectivity index (χ4v) is 1.24. The highest BCUT2D eigenvalue weighted by atomic mass is 19.4. The highest BCUT2D eigenvalue weighted by Gasteiger charge is 2.91. The van der Waals surface area contributed by atoms with Crippen molar-refractivity contribution < 1.29 is 61.9 Å². The minimum atomic E-state index is -8.00. The summed E-state index contributed by atoms with van der Waals surface area (Å²) in [5.74, 6) is -33.6. The molecule has 0 unspecified atom stereocenters. The van der Waals surface area contributed by atoms with Crippen molar-refractivity contribution in [3.63, 3.8) is 0 Å². The maximum atomic E-state index is 13.2. The summed E-state index contributed by atoms with van der Waals surface area (Å²) >= 11 is 0. The van der Waals surface area contributed by atoms with Crippen LogP contribution in [0.5, 0.6) is 0 Å². The van der Waals surface area contributed by atoms with Crippen LogP contribution < -0.4 is 5.32 Å². The largest absolute Gasteiger partial charge is 0.460 e. The van der Waals surface area contributed by atoms with Gasteiger partial charge >= 0.3 is 35.9 Å². The highest BCUT2D eigenvalue weighted by Crippen LogP contribution is 2.59. The van der Waals surface area contributed by atoms with E-state index in [-0.39, 0.29) is 5.32 Å². The molecule has 0 spiro atoms. The number of halogens is 13.